The van der Waals surface area contributed by atoms with Crippen LogP contribution in [0.2, 0.25) is 0 Å². The number of carbonyl (C=O) groups excluding carboxylic acids is 1. The Morgan fingerprint density at radius 2 is 1.79 bits per heavy atom. The Morgan fingerprint density at radius 1 is 1.06 bits per heavy atom. The Hall–Kier alpha value is -3.36. The molecule has 1 amide bonds. The fourth-order valence-electron chi connectivity index (χ4n) is 4.18. The molecule has 174 valence electrons. The molecule has 9 heteroatoms. The van der Waals surface area contributed by atoms with Gasteiger partial charge in [0.05, 0.1) is 29.1 Å². The number of benzene rings is 1. The molecule has 3 aromatic rings. The average molecular weight is 458 g/mol. The van der Waals surface area contributed by atoms with Crippen LogP contribution >= 0.6 is 0 Å². The van der Waals surface area contributed by atoms with Gasteiger partial charge in [-0.3, -0.25) is 4.79 Å². The zero-order chi connectivity index (χ0) is 23.6. The molecule has 2 aromatic heterocycles. The predicted octanol–water partition coefficient (Wildman–Crippen LogP) is 5.07. The Morgan fingerprint density at radius 3 is 2.45 bits per heavy atom. The number of anilines is 2. The van der Waals surface area contributed by atoms with Crippen molar-refractivity contribution in [2.75, 3.05) is 23.3 Å². The van der Waals surface area contributed by atoms with Crippen molar-refractivity contribution in [2.45, 2.75) is 45.7 Å². The van der Waals surface area contributed by atoms with E-state index in [-0.39, 0.29) is 18.1 Å². The summed E-state index contributed by atoms with van der Waals surface area (Å²) < 4.78 is 40.0. The average Bonchev–Trinajstić information content (AvgIpc) is 3.08. The molecule has 0 aliphatic carbocycles. The molecule has 0 saturated carbocycles. The van der Waals surface area contributed by atoms with E-state index in [9.17, 15) is 18.0 Å². The minimum absolute atomic E-state index is 0.104. The molecule has 1 aromatic carbocycles. The van der Waals surface area contributed by atoms with Gasteiger partial charge in [0, 0.05) is 30.5 Å². The number of alkyl halides is 3. The van der Waals surface area contributed by atoms with E-state index < -0.39 is 11.7 Å². The summed E-state index contributed by atoms with van der Waals surface area (Å²) in [5, 5.41) is 7.43. The van der Waals surface area contributed by atoms with Crippen LogP contribution in [-0.4, -0.2) is 33.8 Å². The van der Waals surface area contributed by atoms with E-state index in [4.69, 9.17) is 0 Å². The maximum Gasteiger partial charge on any atom is 0.417 e. The van der Waals surface area contributed by atoms with Crippen molar-refractivity contribution in [1.82, 2.24) is 14.8 Å². The molecule has 0 unspecified atom stereocenters. The smallest absolute Gasteiger partial charge is 0.370 e. The molecule has 1 fully saturated rings. The number of aryl methyl sites for hydroxylation is 1. The van der Waals surface area contributed by atoms with Gasteiger partial charge >= 0.3 is 6.18 Å². The normalized spacial score (nSPS) is 14.4. The van der Waals surface area contributed by atoms with Gasteiger partial charge in [-0.2, -0.15) is 18.3 Å². The van der Waals surface area contributed by atoms with Gasteiger partial charge in [-0.1, -0.05) is 12.1 Å². The lowest BCUT2D eigenvalue weighted by atomic mass is 10.1. The molecular weight excluding hydrogens is 431 g/mol. The number of halogens is 3. The van der Waals surface area contributed by atoms with Crippen LogP contribution in [0.25, 0.3) is 5.82 Å². The van der Waals surface area contributed by atoms with Gasteiger partial charge < -0.3 is 10.2 Å². The third-order valence-corrected chi connectivity index (χ3v) is 5.95. The summed E-state index contributed by atoms with van der Waals surface area (Å²) in [6.07, 6.45) is -0.0618. The fourth-order valence-corrected chi connectivity index (χ4v) is 4.18. The van der Waals surface area contributed by atoms with Crippen molar-refractivity contribution in [3.63, 3.8) is 0 Å². The Bertz CT molecular complexity index is 1130. The van der Waals surface area contributed by atoms with Crippen LogP contribution in [0.5, 0.6) is 0 Å². The standard InChI is InChI=1S/C24H26F3N5O/c1-16-19(17(2)32(30-16)22-11-10-18(15-28-22)24(25,26)27)14-23(33)29-20-8-4-5-9-21(20)31-12-6-3-7-13-31/h4-5,8-11,15H,3,6-7,12-14H2,1-2H3,(H,29,33). The molecule has 33 heavy (non-hydrogen) atoms. The Balaban J connectivity index is 1.51. The van der Waals surface area contributed by atoms with E-state index in [0.717, 1.165) is 55.1 Å². The number of hydrogen-bond acceptors (Lipinski definition) is 4. The second kappa shape index (κ2) is 9.25. The SMILES string of the molecule is Cc1nn(-c2ccc(C(F)(F)F)cn2)c(C)c1CC(=O)Nc1ccccc1N1CCCCC1. The maximum atomic E-state index is 12.9. The highest BCUT2D eigenvalue weighted by Crippen LogP contribution is 2.30. The highest BCUT2D eigenvalue weighted by Gasteiger charge is 2.31. The van der Waals surface area contributed by atoms with E-state index in [0.29, 0.717) is 11.4 Å². The summed E-state index contributed by atoms with van der Waals surface area (Å²) in [7, 11) is 0. The summed E-state index contributed by atoms with van der Waals surface area (Å²) in [5.41, 5.74) is 3.00. The van der Waals surface area contributed by atoms with E-state index in [1.165, 1.54) is 17.2 Å². The first-order valence-electron chi connectivity index (χ1n) is 11.0. The van der Waals surface area contributed by atoms with Crippen molar-refractivity contribution in [1.29, 1.82) is 0 Å². The number of rotatable bonds is 5. The highest BCUT2D eigenvalue weighted by atomic mass is 19.4. The molecule has 3 heterocycles. The van der Waals surface area contributed by atoms with Crippen LogP contribution < -0.4 is 10.2 Å². The first-order valence-corrected chi connectivity index (χ1v) is 11.0. The third kappa shape index (κ3) is 5.02. The number of pyridine rings is 1. The van der Waals surface area contributed by atoms with E-state index in [1.807, 2.05) is 24.3 Å². The molecule has 4 rings (SSSR count). The van der Waals surface area contributed by atoms with Gasteiger partial charge in [0.15, 0.2) is 5.82 Å². The third-order valence-electron chi connectivity index (χ3n) is 5.95. The zero-order valence-electron chi connectivity index (χ0n) is 18.6. The van der Waals surface area contributed by atoms with Gasteiger partial charge in [0.25, 0.3) is 0 Å². The minimum Gasteiger partial charge on any atom is -0.370 e. The van der Waals surface area contributed by atoms with Crippen LogP contribution in [0, 0.1) is 13.8 Å². The largest absolute Gasteiger partial charge is 0.417 e. The van der Waals surface area contributed by atoms with Gasteiger partial charge in [-0.25, -0.2) is 9.67 Å². The highest BCUT2D eigenvalue weighted by molar-refractivity contribution is 5.95. The lowest BCUT2D eigenvalue weighted by Gasteiger charge is -2.30. The topological polar surface area (TPSA) is 63.1 Å². The van der Waals surface area contributed by atoms with Crippen molar-refractivity contribution in [3.8, 4) is 5.82 Å². The number of nitrogens with zero attached hydrogens (tertiary/aromatic N) is 4. The van der Waals surface area contributed by atoms with Crippen LogP contribution in [0.4, 0.5) is 24.5 Å². The maximum absolute atomic E-state index is 12.9. The number of carbonyl (C=O) groups is 1. The number of nitrogens with one attached hydrogen (secondary N) is 1. The second-order valence-electron chi connectivity index (χ2n) is 8.25. The van der Waals surface area contributed by atoms with Gasteiger partial charge in [-0.05, 0) is 57.4 Å². The predicted molar refractivity (Wildman–Crippen MR) is 121 cm³/mol. The van der Waals surface area contributed by atoms with Crippen molar-refractivity contribution >= 4 is 17.3 Å². The van der Waals surface area contributed by atoms with E-state index >= 15 is 0 Å². The summed E-state index contributed by atoms with van der Waals surface area (Å²) in [6, 6.07) is 10.0. The molecule has 0 radical (unpaired) electrons. The molecule has 1 aliphatic rings. The number of para-hydroxylation sites is 2. The zero-order valence-corrected chi connectivity index (χ0v) is 18.6. The van der Waals surface area contributed by atoms with Crippen molar-refractivity contribution in [2.24, 2.45) is 0 Å². The monoisotopic (exact) mass is 457 g/mol. The van der Waals surface area contributed by atoms with Gasteiger partial charge in [0.2, 0.25) is 5.91 Å². The summed E-state index contributed by atoms with van der Waals surface area (Å²) in [4.78, 5) is 19.1. The summed E-state index contributed by atoms with van der Waals surface area (Å²) >= 11 is 0. The molecule has 1 aliphatic heterocycles. The molecule has 6 nitrogen and oxygen atoms in total. The van der Waals surface area contributed by atoms with Crippen LogP contribution in [-0.2, 0) is 17.4 Å². The Kier molecular flexibility index (Phi) is 6.40. The molecule has 0 bridgehead atoms. The van der Waals surface area contributed by atoms with Crippen molar-refractivity contribution < 1.29 is 18.0 Å². The lowest BCUT2D eigenvalue weighted by molar-refractivity contribution is -0.137. The Labute approximate surface area is 190 Å². The second-order valence-corrected chi connectivity index (χ2v) is 8.25. The van der Waals surface area contributed by atoms with E-state index in [2.05, 4.69) is 20.3 Å². The molecule has 1 N–H and O–H groups in total. The molecule has 0 spiro atoms. The fraction of sp³-hybridized carbons (Fsp3) is 0.375. The quantitative estimate of drug-likeness (QED) is 0.581. The van der Waals surface area contributed by atoms with Gasteiger partial charge in [0.1, 0.15) is 0 Å². The van der Waals surface area contributed by atoms with Crippen molar-refractivity contribution in [3.05, 3.63) is 65.1 Å². The summed E-state index contributed by atoms with van der Waals surface area (Å²) in [5.74, 6) is 0.0938. The number of piperidine rings is 1. The van der Waals surface area contributed by atoms with Crippen LogP contribution in [0.15, 0.2) is 42.6 Å². The van der Waals surface area contributed by atoms with Crippen LogP contribution in [0.1, 0.15) is 41.8 Å². The number of aromatic nitrogens is 3. The number of hydrogen-bond donors (Lipinski definition) is 1. The van der Waals surface area contributed by atoms with E-state index in [1.54, 1.807) is 13.8 Å². The van der Waals surface area contributed by atoms with Gasteiger partial charge in [-0.15, -0.1) is 0 Å². The first-order chi connectivity index (χ1) is 15.7. The molecule has 1 saturated heterocycles. The first kappa shape index (κ1) is 22.8. The van der Waals surface area contributed by atoms with Crippen LogP contribution in [0.3, 0.4) is 0 Å². The summed E-state index contributed by atoms with van der Waals surface area (Å²) in [6.45, 7) is 5.50. The lowest BCUT2D eigenvalue weighted by Crippen LogP contribution is -2.30. The number of amides is 1. The molecule has 0 atom stereocenters. The minimum atomic E-state index is -4.45. The molecular formula is C24H26F3N5O.